The topological polar surface area (TPSA) is 39.6 Å². The van der Waals surface area contributed by atoms with Crippen LogP contribution in [0.1, 0.15) is 36.6 Å². The number of halogens is 3. The van der Waals surface area contributed by atoms with Gasteiger partial charge >= 0.3 is 6.18 Å². The number of H-pyrrole nitrogens is 1. The van der Waals surface area contributed by atoms with E-state index in [4.69, 9.17) is 5.26 Å². The van der Waals surface area contributed by atoms with E-state index in [1.807, 2.05) is 13.8 Å². The number of nitriles is 1. The van der Waals surface area contributed by atoms with Crippen LogP contribution in [0.5, 0.6) is 0 Å². The van der Waals surface area contributed by atoms with Crippen molar-refractivity contribution in [2.75, 3.05) is 0 Å². The van der Waals surface area contributed by atoms with Crippen LogP contribution in [0, 0.1) is 11.3 Å². The van der Waals surface area contributed by atoms with E-state index in [0.29, 0.717) is 10.9 Å². The third kappa shape index (κ3) is 2.43. The van der Waals surface area contributed by atoms with Crippen molar-refractivity contribution in [3.63, 3.8) is 0 Å². The second-order valence-electron chi connectivity index (χ2n) is 4.77. The molecule has 1 heterocycles. The molecule has 0 aliphatic carbocycles. The van der Waals surface area contributed by atoms with Gasteiger partial charge in [0.05, 0.1) is 12.5 Å². The molecule has 0 saturated carbocycles. The molecule has 5 heteroatoms. The second kappa shape index (κ2) is 4.61. The Morgan fingerprint density at radius 3 is 2.53 bits per heavy atom. The predicted octanol–water partition coefficient (Wildman–Crippen LogP) is 4.38. The third-order valence-electron chi connectivity index (χ3n) is 3.14. The van der Waals surface area contributed by atoms with Gasteiger partial charge in [-0.25, -0.2) is 0 Å². The lowest BCUT2D eigenvalue weighted by atomic mass is 9.99. The Morgan fingerprint density at radius 2 is 2.00 bits per heavy atom. The first kappa shape index (κ1) is 13.5. The van der Waals surface area contributed by atoms with Gasteiger partial charge in [-0.05, 0) is 23.6 Å². The normalized spacial score (nSPS) is 12.1. The molecule has 1 N–H and O–H groups in total. The largest absolute Gasteiger partial charge is 0.431 e. The maximum Gasteiger partial charge on any atom is 0.431 e. The number of benzene rings is 1. The summed E-state index contributed by atoms with van der Waals surface area (Å²) in [5.41, 5.74) is 0.596. The Morgan fingerprint density at radius 1 is 1.32 bits per heavy atom. The van der Waals surface area contributed by atoms with Crippen LogP contribution in [0.15, 0.2) is 18.2 Å². The quantitative estimate of drug-likeness (QED) is 0.861. The summed E-state index contributed by atoms with van der Waals surface area (Å²) in [7, 11) is 0. The van der Waals surface area contributed by atoms with Crippen LogP contribution in [0.3, 0.4) is 0 Å². The number of hydrogen-bond donors (Lipinski definition) is 1. The number of nitrogens with zero attached hydrogens (tertiary/aromatic N) is 1. The van der Waals surface area contributed by atoms with Gasteiger partial charge < -0.3 is 4.98 Å². The average Bonchev–Trinajstić information content (AvgIpc) is 2.68. The molecule has 0 radical (unpaired) electrons. The van der Waals surface area contributed by atoms with Gasteiger partial charge in [-0.3, -0.25) is 0 Å². The van der Waals surface area contributed by atoms with Gasteiger partial charge in [0.2, 0.25) is 0 Å². The highest BCUT2D eigenvalue weighted by Crippen LogP contribution is 2.36. The van der Waals surface area contributed by atoms with Gasteiger partial charge in [0.15, 0.2) is 0 Å². The van der Waals surface area contributed by atoms with Crippen LogP contribution in [0.25, 0.3) is 10.9 Å². The van der Waals surface area contributed by atoms with Crippen molar-refractivity contribution in [1.29, 1.82) is 5.26 Å². The molecule has 1 aromatic carbocycles. The molecule has 0 aliphatic rings. The Balaban J connectivity index is 2.72. The first-order valence-electron chi connectivity index (χ1n) is 5.93. The van der Waals surface area contributed by atoms with Crippen molar-refractivity contribution in [3.05, 3.63) is 35.0 Å². The molecule has 0 aliphatic heterocycles. The summed E-state index contributed by atoms with van der Waals surface area (Å²) in [6.45, 7) is 3.95. The summed E-state index contributed by atoms with van der Waals surface area (Å²) in [4.78, 5) is 2.38. The molecule has 0 saturated heterocycles. The average molecular weight is 266 g/mol. The fourth-order valence-corrected chi connectivity index (χ4v) is 2.13. The molecule has 19 heavy (non-hydrogen) atoms. The van der Waals surface area contributed by atoms with Crippen molar-refractivity contribution < 1.29 is 13.2 Å². The van der Waals surface area contributed by atoms with Crippen LogP contribution in [0.2, 0.25) is 0 Å². The summed E-state index contributed by atoms with van der Waals surface area (Å²) < 4.78 is 38.8. The zero-order valence-corrected chi connectivity index (χ0v) is 10.6. The molecule has 0 bridgehead atoms. The Bertz CT molecular complexity index is 645. The summed E-state index contributed by atoms with van der Waals surface area (Å²) in [6.07, 6.45) is -4.72. The van der Waals surface area contributed by atoms with Gasteiger partial charge in [0, 0.05) is 16.5 Å². The van der Waals surface area contributed by atoms with E-state index < -0.39 is 11.9 Å². The van der Waals surface area contributed by atoms with E-state index >= 15 is 0 Å². The minimum absolute atomic E-state index is 0.0347. The highest BCUT2D eigenvalue weighted by Gasteiger charge is 2.36. The summed E-state index contributed by atoms with van der Waals surface area (Å²) >= 11 is 0. The highest BCUT2D eigenvalue weighted by molar-refractivity contribution is 5.86. The second-order valence-corrected chi connectivity index (χ2v) is 4.77. The highest BCUT2D eigenvalue weighted by atomic mass is 19.4. The summed E-state index contributed by atoms with van der Waals surface area (Å²) in [6, 6.07) is 6.98. The first-order valence-corrected chi connectivity index (χ1v) is 5.93. The lowest BCUT2D eigenvalue weighted by Crippen LogP contribution is -2.08. The molecule has 2 nitrogen and oxygen atoms in total. The molecule has 0 unspecified atom stereocenters. The van der Waals surface area contributed by atoms with Gasteiger partial charge in [0.25, 0.3) is 0 Å². The minimum atomic E-state index is -4.47. The molecule has 0 atom stereocenters. The number of aromatic amines is 1. The standard InChI is InChI=1S/C14H13F3N2/c1-8(2)9-3-4-12-11(7-9)10(5-6-18)13(19-12)14(15,16)17/h3-4,7-8,19H,5H2,1-2H3. The fraction of sp³-hybridized carbons (Fsp3) is 0.357. The fourth-order valence-electron chi connectivity index (χ4n) is 2.13. The van der Waals surface area contributed by atoms with E-state index in [9.17, 15) is 13.2 Å². The molecule has 1 aromatic heterocycles. The Kier molecular flexibility index (Phi) is 3.27. The van der Waals surface area contributed by atoms with Crippen molar-refractivity contribution in [2.45, 2.75) is 32.4 Å². The number of fused-ring (bicyclic) bond motifs is 1. The van der Waals surface area contributed by atoms with Gasteiger partial charge in [-0.1, -0.05) is 19.9 Å². The molecule has 2 aromatic rings. The van der Waals surface area contributed by atoms with Crippen LogP contribution in [-0.4, -0.2) is 4.98 Å². The van der Waals surface area contributed by atoms with Crippen LogP contribution >= 0.6 is 0 Å². The van der Waals surface area contributed by atoms with E-state index in [0.717, 1.165) is 5.56 Å². The van der Waals surface area contributed by atoms with Crippen molar-refractivity contribution in [1.82, 2.24) is 4.98 Å². The number of aromatic nitrogens is 1. The molecule has 2 rings (SSSR count). The lowest BCUT2D eigenvalue weighted by Gasteiger charge is -2.06. The van der Waals surface area contributed by atoms with Crippen molar-refractivity contribution in [3.8, 4) is 6.07 Å². The molecule has 0 amide bonds. The van der Waals surface area contributed by atoms with E-state index in [2.05, 4.69) is 4.98 Å². The van der Waals surface area contributed by atoms with Gasteiger partial charge in [-0.15, -0.1) is 0 Å². The summed E-state index contributed by atoms with van der Waals surface area (Å²) in [5, 5.41) is 9.22. The molecular weight excluding hydrogens is 253 g/mol. The van der Waals surface area contributed by atoms with Crippen molar-refractivity contribution >= 4 is 10.9 Å². The molecular formula is C14H13F3N2. The molecule has 0 spiro atoms. The summed E-state index contributed by atoms with van der Waals surface area (Å²) in [5.74, 6) is 0.226. The maximum absolute atomic E-state index is 12.9. The Hall–Kier alpha value is -1.96. The number of hydrogen-bond acceptors (Lipinski definition) is 1. The van der Waals surface area contributed by atoms with Gasteiger partial charge in [-0.2, -0.15) is 18.4 Å². The van der Waals surface area contributed by atoms with Crippen LogP contribution in [-0.2, 0) is 12.6 Å². The van der Waals surface area contributed by atoms with E-state index in [-0.39, 0.29) is 17.9 Å². The monoisotopic (exact) mass is 266 g/mol. The van der Waals surface area contributed by atoms with Crippen molar-refractivity contribution in [2.24, 2.45) is 0 Å². The van der Waals surface area contributed by atoms with Crippen LogP contribution in [0.4, 0.5) is 13.2 Å². The predicted molar refractivity (Wildman–Crippen MR) is 66.7 cm³/mol. The zero-order valence-electron chi connectivity index (χ0n) is 10.6. The number of nitrogens with one attached hydrogen (secondary N) is 1. The number of rotatable bonds is 2. The lowest BCUT2D eigenvalue weighted by molar-refractivity contribution is -0.141. The van der Waals surface area contributed by atoms with Crippen LogP contribution < -0.4 is 0 Å². The van der Waals surface area contributed by atoms with Gasteiger partial charge in [0.1, 0.15) is 5.69 Å². The molecule has 100 valence electrons. The van der Waals surface area contributed by atoms with E-state index in [1.54, 1.807) is 24.3 Å². The number of alkyl halides is 3. The smallest absolute Gasteiger partial charge is 0.351 e. The van der Waals surface area contributed by atoms with E-state index in [1.165, 1.54) is 0 Å². The minimum Gasteiger partial charge on any atom is -0.351 e. The third-order valence-corrected chi connectivity index (χ3v) is 3.14. The SMILES string of the molecule is CC(C)c1ccc2[nH]c(C(F)(F)F)c(CC#N)c2c1. The zero-order chi connectivity index (χ0) is 14.2. The Labute approximate surface area is 108 Å². The maximum atomic E-state index is 12.9. The molecule has 0 fully saturated rings. The first-order chi connectivity index (χ1) is 8.84.